The molecule has 1 aromatic carbocycles. The van der Waals surface area contributed by atoms with Crippen molar-refractivity contribution in [3.63, 3.8) is 0 Å². The summed E-state index contributed by atoms with van der Waals surface area (Å²) in [7, 11) is 0. The maximum atomic E-state index is 13.4. The monoisotopic (exact) mass is 288 g/mol. The number of fused-ring (bicyclic) bond motifs is 1. The topological polar surface area (TPSA) is 36.1 Å². The van der Waals surface area contributed by atoms with Crippen LogP contribution in [0.25, 0.3) is 10.9 Å². The van der Waals surface area contributed by atoms with Crippen LogP contribution >= 0.6 is 0 Å². The molecule has 2 atom stereocenters. The molecule has 0 radical (unpaired) electrons. The molecule has 1 aliphatic rings. The van der Waals surface area contributed by atoms with E-state index in [0.29, 0.717) is 29.3 Å². The normalized spacial score (nSPS) is 23.6. The minimum Gasteiger partial charge on any atom is -0.360 e. The van der Waals surface area contributed by atoms with Gasteiger partial charge in [-0.3, -0.25) is 9.69 Å². The van der Waals surface area contributed by atoms with Crippen LogP contribution in [0.15, 0.2) is 24.4 Å². The molecule has 112 valence electrons. The summed E-state index contributed by atoms with van der Waals surface area (Å²) in [6.45, 7) is 6.81. The van der Waals surface area contributed by atoms with Gasteiger partial charge in [-0.1, -0.05) is 13.8 Å². The molecule has 2 heterocycles. The van der Waals surface area contributed by atoms with Crippen molar-refractivity contribution in [3.8, 4) is 0 Å². The summed E-state index contributed by atoms with van der Waals surface area (Å²) in [5.74, 6) is 1.01. The highest BCUT2D eigenvalue weighted by Crippen LogP contribution is 2.23. The van der Waals surface area contributed by atoms with Crippen molar-refractivity contribution in [3.05, 3.63) is 35.8 Å². The minimum atomic E-state index is -0.309. The fraction of sp³-hybridized carbons (Fsp3) is 0.471. The number of carbonyl (C=O) groups excluding carboxylic acids is 1. The van der Waals surface area contributed by atoms with Gasteiger partial charge in [0.05, 0.1) is 6.54 Å². The molecule has 1 N–H and O–H groups in total. The van der Waals surface area contributed by atoms with E-state index in [1.165, 1.54) is 18.6 Å². The fourth-order valence-corrected chi connectivity index (χ4v) is 3.53. The van der Waals surface area contributed by atoms with Crippen molar-refractivity contribution >= 4 is 16.7 Å². The molecule has 3 nitrogen and oxygen atoms in total. The van der Waals surface area contributed by atoms with E-state index in [9.17, 15) is 9.18 Å². The number of hydrogen-bond donors (Lipinski definition) is 1. The average Bonchev–Trinajstić information content (AvgIpc) is 2.80. The predicted octanol–water partition coefficient (Wildman–Crippen LogP) is 3.47. The summed E-state index contributed by atoms with van der Waals surface area (Å²) in [6.07, 6.45) is 2.92. The standard InChI is InChI=1S/C17H21FN2O/c1-11-5-12(2)9-20(8-11)10-17(21)15-7-19-16-4-3-13(18)6-14(15)16/h3-4,6-7,11-12,19H,5,8-10H2,1-2H3/t11-,12-/m0/s1. The van der Waals surface area contributed by atoms with Gasteiger partial charge in [0, 0.05) is 35.8 Å². The quantitative estimate of drug-likeness (QED) is 0.878. The molecule has 0 spiro atoms. The third-order valence-electron chi connectivity index (χ3n) is 4.26. The number of aromatic nitrogens is 1. The van der Waals surface area contributed by atoms with Gasteiger partial charge in [0.2, 0.25) is 0 Å². The molecule has 1 saturated heterocycles. The number of ketones is 1. The summed E-state index contributed by atoms with van der Waals surface area (Å²) in [4.78, 5) is 17.8. The lowest BCUT2D eigenvalue weighted by molar-refractivity contribution is 0.0851. The molecule has 1 aliphatic heterocycles. The summed E-state index contributed by atoms with van der Waals surface area (Å²) < 4.78 is 13.4. The number of likely N-dealkylation sites (tertiary alicyclic amines) is 1. The molecule has 1 aromatic heterocycles. The molecular formula is C17H21FN2O. The van der Waals surface area contributed by atoms with E-state index in [-0.39, 0.29) is 11.6 Å². The number of nitrogens with one attached hydrogen (secondary N) is 1. The maximum absolute atomic E-state index is 13.4. The van der Waals surface area contributed by atoms with Gasteiger partial charge in [-0.15, -0.1) is 0 Å². The molecular weight excluding hydrogens is 267 g/mol. The molecule has 4 heteroatoms. The molecule has 0 aliphatic carbocycles. The number of piperidine rings is 1. The lowest BCUT2D eigenvalue weighted by atomic mass is 9.91. The molecule has 1 fully saturated rings. The molecule has 3 rings (SSSR count). The van der Waals surface area contributed by atoms with E-state index >= 15 is 0 Å². The summed E-state index contributed by atoms with van der Waals surface area (Å²) in [5, 5.41) is 0.679. The van der Waals surface area contributed by atoms with Crippen molar-refractivity contribution in [2.75, 3.05) is 19.6 Å². The van der Waals surface area contributed by atoms with Crippen LogP contribution in [0.4, 0.5) is 4.39 Å². The van der Waals surface area contributed by atoms with Gasteiger partial charge in [0.15, 0.2) is 5.78 Å². The van der Waals surface area contributed by atoms with Crippen LogP contribution in [-0.2, 0) is 0 Å². The third kappa shape index (κ3) is 3.00. The zero-order chi connectivity index (χ0) is 15.0. The summed E-state index contributed by atoms with van der Waals surface area (Å²) in [5.41, 5.74) is 1.40. The van der Waals surface area contributed by atoms with E-state index < -0.39 is 0 Å². The number of halogens is 1. The van der Waals surface area contributed by atoms with E-state index in [0.717, 1.165) is 18.6 Å². The SMILES string of the molecule is C[C@H]1C[C@H](C)CN(CC(=O)c2c[nH]c3ccc(F)cc23)C1. The van der Waals surface area contributed by atoms with Crippen LogP contribution in [0.5, 0.6) is 0 Å². The van der Waals surface area contributed by atoms with Gasteiger partial charge in [-0.05, 0) is 36.5 Å². The first-order chi connectivity index (χ1) is 10.0. The molecule has 0 amide bonds. The Labute approximate surface area is 124 Å². The number of benzene rings is 1. The Hall–Kier alpha value is -1.68. The third-order valence-corrected chi connectivity index (χ3v) is 4.26. The number of H-pyrrole nitrogens is 1. The number of Topliss-reactive ketones (excluding diaryl/α,β-unsaturated/α-hetero) is 1. The summed E-state index contributed by atoms with van der Waals surface area (Å²) >= 11 is 0. The van der Waals surface area contributed by atoms with Crippen LogP contribution in [0.1, 0.15) is 30.6 Å². The second-order valence-electron chi connectivity index (χ2n) is 6.46. The maximum Gasteiger partial charge on any atom is 0.178 e. The lowest BCUT2D eigenvalue weighted by Gasteiger charge is -2.34. The van der Waals surface area contributed by atoms with E-state index in [1.807, 2.05) is 0 Å². The number of hydrogen-bond acceptors (Lipinski definition) is 2. The van der Waals surface area contributed by atoms with Gasteiger partial charge in [0.25, 0.3) is 0 Å². The van der Waals surface area contributed by atoms with Crippen molar-refractivity contribution < 1.29 is 9.18 Å². The molecule has 0 bridgehead atoms. The van der Waals surface area contributed by atoms with Crippen LogP contribution in [-0.4, -0.2) is 35.3 Å². The second-order valence-corrected chi connectivity index (χ2v) is 6.46. The van der Waals surface area contributed by atoms with Gasteiger partial charge in [0.1, 0.15) is 5.82 Å². The number of rotatable bonds is 3. The largest absolute Gasteiger partial charge is 0.360 e. The Bertz CT molecular complexity index is 654. The highest BCUT2D eigenvalue weighted by molar-refractivity contribution is 6.08. The van der Waals surface area contributed by atoms with Crippen LogP contribution in [0.3, 0.4) is 0 Å². The van der Waals surface area contributed by atoms with Crippen LogP contribution in [0.2, 0.25) is 0 Å². The van der Waals surface area contributed by atoms with E-state index in [4.69, 9.17) is 0 Å². The summed E-state index contributed by atoms with van der Waals surface area (Å²) in [6, 6.07) is 4.51. The zero-order valence-electron chi connectivity index (χ0n) is 12.5. The van der Waals surface area contributed by atoms with Gasteiger partial charge in [-0.25, -0.2) is 4.39 Å². The average molecular weight is 288 g/mol. The van der Waals surface area contributed by atoms with Crippen molar-refractivity contribution in [2.24, 2.45) is 11.8 Å². The number of nitrogens with zero attached hydrogens (tertiary/aromatic N) is 1. The van der Waals surface area contributed by atoms with Gasteiger partial charge in [-0.2, -0.15) is 0 Å². The highest BCUT2D eigenvalue weighted by atomic mass is 19.1. The van der Waals surface area contributed by atoms with E-state index in [1.54, 1.807) is 12.3 Å². The van der Waals surface area contributed by atoms with Crippen LogP contribution in [0, 0.1) is 17.7 Å². The first kappa shape index (κ1) is 14.3. The second kappa shape index (κ2) is 5.60. The molecule has 21 heavy (non-hydrogen) atoms. The van der Waals surface area contributed by atoms with Crippen molar-refractivity contribution in [1.29, 1.82) is 0 Å². The lowest BCUT2D eigenvalue weighted by Crippen LogP contribution is -2.41. The fourth-order valence-electron chi connectivity index (χ4n) is 3.53. The molecule has 0 saturated carbocycles. The zero-order valence-corrected chi connectivity index (χ0v) is 12.5. The van der Waals surface area contributed by atoms with Gasteiger partial charge >= 0.3 is 0 Å². The minimum absolute atomic E-state index is 0.0631. The Morgan fingerprint density at radius 2 is 2.05 bits per heavy atom. The first-order valence-electron chi connectivity index (χ1n) is 7.55. The van der Waals surface area contributed by atoms with E-state index in [2.05, 4.69) is 23.7 Å². The smallest absolute Gasteiger partial charge is 0.178 e. The van der Waals surface area contributed by atoms with Gasteiger partial charge < -0.3 is 4.98 Å². The Kier molecular flexibility index (Phi) is 3.81. The Balaban J connectivity index is 1.79. The Morgan fingerprint density at radius 3 is 2.76 bits per heavy atom. The van der Waals surface area contributed by atoms with Crippen molar-refractivity contribution in [1.82, 2.24) is 9.88 Å². The Morgan fingerprint density at radius 1 is 1.33 bits per heavy atom. The highest BCUT2D eigenvalue weighted by Gasteiger charge is 2.24. The number of carbonyl (C=O) groups is 1. The molecule has 2 aromatic rings. The van der Waals surface area contributed by atoms with Crippen molar-refractivity contribution in [2.45, 2.75) is 20.3 Å². The number of aromatic amines is 1. The van der Waals surface area contributed by atoms with Crippen LogP contribution < -0.4 is 0 Å². The molecule has 0 unspecified atom stereocenters. The predicted molar refractivity (Wildman–Crippen MR) is 82.0 cm³/mol. The first-order valence-corrected chi connectivity index (χ1v) is 7.55.